The second kappa shape index (κ2) is 1.70. The minimum atomic E-state index is 0.729. The first-order valence-corrected chi connectivity index (χ1v) is 2.79. The van der Waals surface area contributed by atoms with Crippen LogP contribution >= 0.6 is 0 Å². The number of fused-ring (bicyclic) bond motifs is 1. The minimum absolute atomic E-state index is 0.729. The van der Waals surface area contributed by atoms with Crippen LogP contribution in [0, 0.1) is 0 Å². The first-order valence-electron chi connectivity index (χ1n) is 2.79. The highest BCUT2D eigenvalue weighted by Gasteiger charge is 1.99. The van der Waals surface area contributed by atoms with E-state index < -0.39 is 0 Å². The van der Waals surface area contributed by atoms with Crippen molar-refractivity contribution >= 4 is 17.7 Å². The van der Waals surface area contributed by atoms with E-state index in [0.29, 0.717) is 0 Å². The highest BCUT2D eigenvalue weighted by molar-refractivity contribution is 5.75. The SMILES string of the molecule is C=Nn1cc2cnoc2c1. The van der Waals surface area contributed by atoms with Gasteiger partial charge in [-0.3, -0.25) is 0 Å². The zero-order chi connectivity index (χ0) is 6.97. The predicted octanol–water partition coefficient (Wildman–Crippen LogP) is 1.09. The van der Waals surface area contributed by atoms with Gasteiger partial charge in [0.1, 0.15) is 0 Å². The van der Waals surface area contributed by atoms with Gasteiger partial charge in [0.15, 0.2) is 5.58 Å². The fourth-order valence-electron chi connectivity index (χ4n) is 0.833. The number of nitrogens with zero attached hydrogens (tertiary/aromatic N) is 3. The third-order valence-electron chi connectivity index (χ3n) is 1.31. The third-order valence-corrected chi connectivity index (χ3v) is 1.31. The lowest BCUT2D eigenvalue weighted by Crippen LogP contribution is -1.76. The van der Waals surface area contributed by atoms with Crippen LogP contribution in [0.25, 0.3) is 11.0 Å². The summed E-state index contributed by atoms with van der Waals surface area (Å²) < 4.78 is 6.42. The van der Waals surface area contributed by atoms with Crippen molar-refractivity contribution in [3.63, 3.8) is 0 Å². The van der Waals surface area contributed by atoms with E-state index in [1.165, 1.54) is 0 Å². The molecule has 0 saturated heterocycles. The summed E-state index contributed by atoms with van der Waals surface area (Å²) in [6, 6.07) is 0. The van der Waals surface area contributed by atoms with E-state index in [0.717, 1.165) is 11.0 Å². The third kappa shape index (κ3) is 0.556. The summed E-state index contributed by atoms with van der Waals surface area (Å²) in [7, 11) is 0. The second-order valence-corrected chi connectivity index (χ2v) is 1.93. The Bertz CT molecular complexity index is 331. The van der Waals surface area contributed by atoms with Gasteiger partial charge in [0.2, 0.25) is 0 Å². The molecule has 0 saturated carbocycles. The van der Waals surface area contributed by atoms with E-state index >= 15 is 0 Å². The molecule has 4 heteroatoms. The topological polar surface area (TPSA) is 43.3 Å². The van der Waals surface area contributed by atoms with Crippen molar-refractivity contribution in [1.29, 1.82) is 0 Å². The molecule has 0 bridgehead atoms. The molecule has 0 aliphatic heterocycles. The molecule has 50 valence electrons. The van der Waals surface area contributed by atoms with Crippen molar-refractivity contribution in [1.82, 2.24) is 9.83 Å². The van der Waals surface area contributed by atoms with Crippen molar-refractivity contribution in [3.05, 3.63) is 18.6 Å². The van der Waals surface area contributed by atoms with E-state index in [9.17, 15) is 0 Å². The van der Waals surface area contributed by atoms with Crippen LogP contribution in [0.1, 0.15) is 0 Å². The second-order valence-electron chi connectivity index (χ2n) is 1.93. The fraction of sp³-hybridized carbons (Fsp3) is 0. The molecule has 0 atom stereocenters. The first-order chi connectivity index (χ1) is 4.90. The molecular formula is C6H5N3O. The molecule has 0 aromatic carbocycles. The number of hydrogen-bond acceptors (Lipinski definition) is 3. The average Bonchev–Trinajstić information content (AvgIpc) is 2.42. The number of aromatic nitrogens is 2. The lowest BCUT2D eigenvalue weighted by molar-refractivity contribution is 0.455. The van der Waals surface area contributed by atoms with Crippen LogP contribution in [0.2, 0.25) is 0 Å². The molecule has 0 unspecified atom stereocenters. The Morgan fingerprint density at radius 2 is 2.50 bits per heavy atom. The Hall–Kier alpha value is -1.58. The molecule has 0 amide bonds. The van der Waals surface area contributed by atoms with Gasteiger partial charge in [-0.05, 0) is 0 Å². The summed E-state index contributed by atoms with van der Waals surface area (Å²) in [6.45, 7) is 3.36. The first kappa shape index (κ1) is 5.22. The molecule has 2 rings (SSSR count). The quantitative estimate of drug-likeness (QED) is 0.549. The molecule has 0 aliphatic rings. The van der Waals surface area contributed by atoms with Gasteiger partial charge in [-0.15, -0.1) is 0 Å². The Morgan fingerprint density at radius 1 is 1.60 bits per heavy atom. The molecule has 0 radical (unpaired) electrons. The largest absolute Gasteiger partial charge is 0.355 e. The maximum absolute atomic E-state index is 4.84. The maximum atomic E-state index is 4.84. The van der Waals surface area contributed by atoms with Gasteiger partial charge in [-0.25, -0.2) is 4.68 Å². The van der Waals surface area contributed by atoms with Gasteiger partial charge in [0.25, 0.3) is 0 Å². The number of rotatable bonds is 1. The lowest BCUT2D eigenvalue weighted by Gasteiger charge is -1.83. The van der Waals surface area contributed by atoms with Gasteiger partial charge >= 0.3 is 0 Å². The van der Waals surface area contributed by atoms with Crippen LogP contribution in [0.3, 0.4) is 0 Å². The normalized spacial score (nSPS) is 10.4. The zero-order valence-electron chi connectivity index (χ0n) is 5.19. The van der Waals surface area contributed by atoms with Crippen LogP contribution in [-0.2, 0) is 0 Å². The summed E-state index contributed by atoms with van der Waals surface area (Å²) >= 11 is 0. The predicted molar refractivity (Wildman–Crippen MR) is 36.9 cm³/mol. The molecule has 0 N–H and O–H groups in total. The molecule has 2 aromatic rings. The van der Waals surface area contributed by atoms with Crippen molar-refractivity contribution in [3.8, 4) is 0 Å². The van der Waals surface area contributed by atoms with E-state index in [4.69, 9.17) is 4.52 Å². The van der Waals surface area contributed by atoms with Crippen LogP contribution in [0.5, 0.6) is 0 Å². The summed E-state index contributed by atoms with van der Waals surface area (Å²) in [6.07, 6.45) is 5.14. The molecule has 0 fully saturated rings. The molecule has 10 heavy (non-hydrogen) atoms. The smallest absolute Gasteiger partial charge is 0.186 e. The monoisotopic (exact) mass is 135 g/mol. The summed E-state index contributed by atoms with van der Waals surface area (Å²) in [5, 5.41) is 8.18. The molecular weight excluding hydrogens is 130 g/mol. The summed E-state index contributed by atoms with van der Waals surface area (Å²) in [4.78, 5) is 0. The van der Waals surface area contributed by atoms with Gasteiger partial charge in [0.05, 0.1) is 17.8 Å². The van der Waals surface area contributed by atoms with Gasteiger partial charge in [0, 0.05) is 12.9 Å². The van der Waals surface area contributed by atoms with Crippen molar-refractivity contribution in [2.45, 2.75) is 0 Å². The van der Waals surface area contributed by atoms with Gasteiger partial charge < -0.3 is 4.52 Å². The van der Waals surface area contributed by atoms with Gasteiger partial charge in [-0.2, -0.15) is 5.10 Å². The Labute approximate surface area is 56.7 Å². The van der Waals surface area contributed by atoms with Crippen LogP contribution in [-0.4, -0.2) is 16.6 Å². The van der Waals surface area contributed by atoms with Gasteiger partial charge in [-0.1, -0.05) is 5.16 Å². The summed E-state index contributed by atoms with van der Waals surface area (Å²) in [5.74, 6) is 0. The molecule has 2 heterocycles. The molecule has 2 aromatic heterocycles. The van der Waals surface area contributed by atoms with Crippen LogP contribution in [0.15, 0.2) is 28.2 Å². The Balaban J connectivity index is 2.78. The van der Waals surface area contributed by atoms with Crippen LogP contribution in [0.4, 0.5) is 0 Å². The Kier molecular flexibility index (Phi) is 0.887. The highest BCUT2D eigenvalue weighted by atomic mass is 16.5. The van der Waals surface area contributed by atoms with Crippen molar-refractivity contribution in [2.75, 3.05) is 0 Å². The van der Waals surface area contributed by atoms with Crippen molar-refractivity contribution in [2.24, 2.45) is 5.10 Å². The molecule has 4 nitrogen and oxygen atoms in total. The van der Waals surface area contributed by atoms with E-state index in [1.54, 1.807) is 23.3 Å². The standard InChI is InChI=1S/C6H5N3O/c1-7-9-3-5-2-8-10-6(5)4-9/h2-4H,1H2. The average molecular weight is 135 g/mol. The highest BCUT2D eigenvalue weighted by Crippen LogP contribution is 2.12. The minimum Gasteiger partial charge on any atom is -0.355 e. The maximum Gasteiger partial charge on any atom is 0.186 e. The van der Waals surface area contributed by atoms with Crippen LogP contribution < -0.4 is 0 Å². The fourth-order valence-corrected chi connectivity index (χ4v) is 0.833. The van der Waals surface area contributed by atoms with E-state index in [-0.39, 0.29) is 0 Å². The molecule has 0 spiro atoms. The lowest BCUT2D eigenvalue weighted by atomic mass is 10.5. The van der Waals surface area contributed by atoms with Crippen molar-refractivity contribution < 1.29 is 4.52 Å². The zero-order valence-corrected chi connectivity index (χ0v) is 5.19. The number of hydrogen-bond donors (Lipinski definition) is 0. The molecule has 0 aliphatic carbocycles. The van der Waals surface area contributed by atoms with E-state index in [1.807, 2.05) is 0 Å². The summed E-state index contributed by atoms with van der Waals surface area (Å²) in [5.41, 5.74) is 0.729. The Morgan fingerprint density at radius 3 is 3.20 bits per heavy atom. The van der Waals surface area contributed by atoms with E-state index in [2.05, 4.69) is 17.0 Å².